The van der Waals surface area contributed by atoms with Crippen LogP contribution in [0.4, 0.5) is 11.4 Å². The van der Waals surface area contributed by atoms with E-state index in [0.29, 0.717) is 11.4 Å². The number of amides is 1. The second-order valence-electron chi connectivity index (χ2n) is 4.14. The Balaban J connectivity index is 2.43. The summed E-state index contributed by atoms with van der Waals surface area (Å²) in [6.45, 7) is 1.56. The molecule has 6 heteroatoms. The van der Waals surface area contributed by atoms with E-state index in [0.717, 1.165) is 0 Å². The molecule has 94 valence electrons. The van der Waals surface area contributed by atoms with Gasteiger partial charge in [-0.3, -0.25) is 9.59 Å². The smallest absolute Gasteiger partial charge is 0.335 e. The predicted octanol–water partition coefficient (Wildman–Crippen LogP) is 0.732. The Morgan fingerprint density at radius 2 is 2.17 bits per heavy atom. The Morgan fingerprint density at radius 3 is 2.78 bits per heavy atom. The summed E-state index contributed by atoms with van der Waals surface area (Å²) in [5.74, 6) is -1.35. The summed E-state index contributed by atoms with van der Waals surface area (Å²) in [6, 6.07) is 4.40. The number of carbonyl (C=O) groups excluding carboxylic acids is 2. The van der Waals surface area contributed by atoms with Gasteiger partial charge in [0.15, 0.2) is 0 Å². The van der Waals surface area contributed by atoms with Crippen LogP contribution in [0.15, 0.2) is 18.2 Å². The molecule has 1 amide bonds. The van der Waals surface area contributed by atoms with Crippen molar-refractivity contribution in [2.24, 2.45) is 0 Å². The lowest BCUT2D eigenvalue weighted by molar-refractivity contribution is -0.116. The van der Waals surface area contributed by atoms with Crippen LogP contribution in [0.1, 0.15) is 17.3 Å². The van der Waals surface area contributed by atoms with E-state index >= 15 is 0 Å². The Bertz CT molecular complexity index is 539. The van der Waals surface area contributed by atoms with Crippen molar-refractivity contribution < 1.29 is 19.5 Å². The molecule has 1 heterocycles. The Kier molecular flexibility index (Phi) is 3.01. The number of hydrogen-bond acceptors (Lipinski definition) is 4. The van der Waals surface area contributed by atoms with Crippen molar-refractivity contribution >= 4 is 29.0 Å². The monoisotopic (exact) mass is 248 g/mol. The van der Waals surface area contributed by atoms with Crippen LogP contribution in [-0.2, 0) is 9.59 Å². The fourth-order valence-electron chi connectivity index (χ4n) is 1.89. The van der Waals surface area contributed by atoms with Gasteiger partial charge in [0.05, 0.1) is 30.0 Å². The number of ketones is 1. The minimum atomic E-state index is -1.04. The highest BCUT2D eigenvalue weighted by molar-refractivity contribution is 6.03. The predicted molar refractivity (Wildman–Crippen MR) is 64.9 cm³/mol. The lowest BCUT2D eigenvalue weighted by Crippen LogP contribution is -2.40. The lowest BCUT2D eigenvalue weighted by atomic mass is 10.1. The zero-order valence-electron chi connectivity index (χ0n) is 9.77. The number of nitrogens with zero attached hydrogens (tertiary/aromatic N) is 1. The third-order valence-electron chi connectivity index (χ3n) is 2.61. The molecule has 0 bridgehead atoms. The zero-order valence-corrected chi connectivity index (χ0v) is 9.77. The largest absolute Gasteiger partial charge is 0.478 e. The van der Waals surface area contributed by atoms with Gasteiger partial charge < -0.3 is 15.3 Å². The van der Waals surface area contributed by atoms with E-state index in [2.05, 4.69) is 5.32 Å². The van der Waals surface area contributed by atoms with Crippen LogP contribution in [0, 0.1) is 0 Å². The quantitative estimate of drug-likeness (QED) is 0.823. The standard InChI is InChI=1S/C12H12N2O4/c1-7(15)5-14-6-11(16)13-9-3-2-8(12(17)18)4-10(9)14/h2-4H,5-6H2,1H3,(H,13,16)(H,17,18). The topological polar surface area (TPSA) is 86.7 Å². The number of anilines is 2. The molecule has 0 fully saturated rings. The van der Waals surface area contributed by atoms with E-state index in [1.165, 1.54) is 25.1 Å². The van der Waals surface area contributed by atoms with Gasteiger partial charge in [-0.25, -0.2) is 4.79 Å². The van der Waals surface area contributed by atoms with Crippen LogP contribution in [0.2, 0.25) is 0 Å². The number of benzene rings is 1. The average molecular weight is 248 g/mol. The maximum atomic E-state index is 11.5. The molecular weight excluding hydrogens is 236 g/mol. The molecular formula is C12H12N2O4. The number of rotatable bonds is 3. The molecule has 0 unspecified atom stereocenters. The van der Waals surface area contributed by atoms with Crippen LogP contribution in [-0.4, -0.2) is 35.9 Å². The van der Waals surface area contributed by atoms with Crippen LogP contribution in [0.3, 0.4) is 0 Å². The Morgan fingerprint density at radius 1 is 1.44 bits per heavy atom. The van der Waals surface area contributed by atoms with E-state index < -0.39 is 5.97 Å². The van der Waals surface area contributed by atoms with Gasteiger partial charge in [0.25, 0.3) is 0 Å². The fraction of sp³-hybridized carbons (Fsp3) is 0.250. The maximum Gasteiger partial charge on any atom is 0.335 e. The Labute approximate surface area is 103 Å². The van der Waals surface area contributed by atoms with Crippen LogP contribution >= 0.6 is 0 Å². The van der Waals surface area contributed by atoms with E-state index in [9.17, 15) is 14.4 Å². The molecule has 18 heavy (non-hydrogen) atoms. The SMILES string of the molecule is CC(=O)CN1CC(=O)Nc2ccc(C(=O)O)cc21. The van der Waals surface area contributed by atoms with Crippen molar-refractivity contribution in [2.45, 2.75) is 6.92 Å². The maximum absolute atomic E-state index is 11.5. The zero-order chi connectivity index (χ0) is 13.3. The van der Waals surface area contributed by atoms with Crippen molar-refractivity contribution in [1.82, 2.24) is 0 Å². The number of fused-ring (bicyclic) bond motifs is 1. The van der Waals surface area contributed by atoms with Gasteiger partial charge in [-0.2, -0.15) is 0 Å². The van der Waals surface area contributed by atoms with E-state index in [-0.39, 0.29) is 30.3 Å². The second kappa shape index (κ2) is 4.48. The molecule has 0 saturated carbocycles. The van der Waals surface area contributed by atoms with Crippen LogP contribution in [0.5, 0.6) is 0 Å². The molecule has 0 atom stereocenters. The molecule has 0 spiro atoms. The van der Waals surface area contributed by atoms with Crippen molar-refractivity contribution in [3.05, 3.63) is 23.8 Å². The summed E-state index contributed by atoms with van der Waals surface area (Å²) in [4.78, 5) is 35.1. The highest BCUT2D eigenvalue weighted by atomic mass is 16.4. The molecule has 0 saturated heterocycles. The van der Waals surface area contributed by atoms with E-state index in [1.807, 2.05) is 0 Å². The number of Topliss-reactive ketones (excluding diaryl/α,β-unsaturated/α-hetero) is 1. The number of carboxylic acids is 1. The Hall–Kier alpha value is -2.37. The lowest BCUT2D eigenvalue weighted by Gasteiger charge is -2.30. The van der Waals surface area contributed by atoms with E-state index in [4.69, 9.17) is 5.11 Å². The number of aromatic carboxylic acids is 1. The van der Waals surface area contributed by atoms with Gasteiger partial charge in [0.2, 0.25) is 5.91 Å². The van der Waals surface area contributed by atoms with Gasteiger partial charge >= 0.3 is 5.97 Å². The molecule has 0 aliphatic carbocycles. The molecule has 2 N–H and O–H groups in total. The fourth-order valence-corrected chi connectivity index (χ4v) is 1.89. The summed E-state index contributed by atoms with van der Waals surface area (Å²) in [6.07, 6.45) is 0. The van der Waals surface area contributed by atoms with Gasteiger partial charge in [0, 0.05) is 0 Å². The minimum Gasteiger partial charge on any atom is -0.478 e. The molecule has 2 rings (SSSR count). The molecule has 0 radical (unpaired) electrons. The summed E-state index contributed by atoms with van der Waals surface area (Å²) in [7, 11) is 0. The third kappa shape index (κ3) is 2.32. The number of nitrogens with one attached hydrogen (secondary N) is 1. The van der Waals surface area contributed by atoms with Crippen LogP contribution in [0.25, 0.3) is 0 Å². The summed E-state index contributed by atoms with van der Waals surface area (Å²) in [5, 5.41) is 11.6. The van der Waals surface area contributed by atoms with Gasteiger partial charge in [-0.05, 0) is 25.1 Å². The molecule has 1 aliphatic heterocycles. The second-order valence-corrected chi connectivity index (χ2v) is 4.14. The van der Waals surface area contributed by atoms with Gasteiger partial charge in [0.1, 0.15) is 5.78 Å². The summed E-state index contributed by atoms with van der Waals surface area (Å²) in [5.41, 5.74) is 1.21. The number of hydrogen-bond donors (Lipinski definition) is 2. The molecule has 6 nitrogen and oxygen atoms in total. The first-order valence-corrected chi connectivity index (χ1v) is 5.39. The molecule has 0 aromatic heterocycles. The van der Waals surface area contributed by atoms with Crippen molar-refractivity contribution in [1.29, 1.82) is 0 Å². The first-order valence-electron chi connectivity index (χ1n) is 5.39. The molecule has 1 aromatic rings. The minimum absolute atomic E-state index is 0.0512. The average Bonchev–Trinajstić information content (AvgIpc) is 2.27. The normalized spacial score (nSPS) is 13.8. The number of carboxylic acid groups (broad SMARTS) is 1. The molecule has 1 aliphatic rings. The van der Waals surface area contributed by atoms with Crippen LogP contribution < -0.4 is 10.2 Å². The number of carbonyl (C=O) groups is 3. The summed E-state index contributed by atoms with van der Waals surface area (Å²) >= 11 is 0. The first kappa shape index (κ1) is 12.1. The van der Waals surface area contributed by atoms with Crippen molar-refractivity contribution in [3.8, 4) is 0 Å². The molecule has 1 aromatic carbocycles. The first-order chi connectivity index (χ1) is 8.47. The van der Waals surface area contributed by atoms with Crippen molar-refractivity contribution in [2.75, 3.05) is 23.3 Å². The van der Waals surface area contributed by atoms with Gasteiger partial charge in [-0.15, -0.1) is 0 Å². The highest BCUT2D eigenvalue weighted by Crippen LogP contribution is 2.30. The van der Waals surface area contributed by atoms with Gasteiger partial charge in [-0.1, -0.05) is 0 Å². The highest BCUT2D eigenvalue weighted by Gasteiger charge is 2.23. The van der Waals surface area contributed by atoms with Crippen molar-refractivity contribution in [3.63, 3.8) is 0 Å². The summed E-state index contributed by atoms with van der Waals surface area (Å²) < 4.78 is 0. The third-order valence-corrected chi connectivity index (χ3v) is 2.61. The van der Waals surface area contributed by atoms with E-state index in [1.54, 1.807) is 4.90 Å².